The van der Waals surface area contributed by atoms with Gasteiger partial charge in [0.15, 0.2) is 0 Å². The molecule has 1 radical (unpaired) electrons. The van der Waals surface area contributed by atoms with Crippen molar-refractivity contribution < 1.29 is 0 Å². The molecule has 0 spiro atoms. The molecule has 0 N–H and O–H groups in total. The lowest BCUT2D eigenvalue weighted by Crippen LogP contribution is -1.83. The van der Waals surface area contributed by atoms with E-state index in [4.69, 9.17) is 0 Å². The van der Waals surface area contributed by atoms with Crippen molar-refractivity contribution in [3.05, 3.63) is 47.9 Å². The normalized spacial score (nSPS) is 11.1. The summed E-state index contributed by atoms with van der Waals surface area (Å²) in [5.74, 6) is 0. The predicted octanol–water partition coefficient (Wildman–Crippen LogP) is 5.05. The van der Waals surface area contributed by atoms with E-state index in [-0.39, 0.29) is 0 Å². The Labute approximate surface area is 100 Å². The molecule has 0 bridgehead atoms. The lowest BCUT2D eigenvalue weighted by atomic mass is 10.1. The molecule has 1 aromatic carbocycles. The van der Waals surface area contributed by atoms with Crippen molar-refractivity contribution in [2.75, 3.05) is 0 Å². The number of allylic oxidation sites excluding steroid dienone is 1. The zero-order valence-corrected chi connectivity index (χ0v) is 10.6. The van der Waals surface area contributed by atoms with Gasteiger partial charge in [0.05, 0.1) is 0 Å². The average molecular weight is 215 g/mol. The van der Waals surface area contributed by atoms with Crippen molar-refractivity contribution in [2.24, 2.45) is 0 Å². The Morgan fingerprint density at radius 3 is 2.81 bits per heavy atom. The summed E-state index contributed by atoms with van der Waals surface area (Å²) in [5, 5.41) is 0. The SMILES string of the molecule is C[CH]Cc1cccc(C=CCCCCC)c1. The van der Waals surface area contributed by atoms with Crippen molar-refractivity contribution in [3.8, 4) is 0 Å². The first-order valence-electron chi connectivity index (χ1n) is 6.40. The van der Waals surface area contributed by atoms with E-state index in [1.54, 1.807) is 0 Å². The van der Waals surface area contributed by atoms with Gasteiger partial charge in [-0.3, -0.25) is 0 Å². The molecule has 0 nitrogen and oxygen atoms in total. The Balaban J connectivity index is 2.43. The molecule has 0 aliphatic rings. The minimum absolute atomic E-state index is 1.07. The summed E-state index contributed by atoms with van der Waals surface area (Å²) < 4.78 is 0. The van der Waals surface area contributed by atoms with Crippen molar-refractivity contribution in [2.45, 2.75) is 46.0 Å². The molecule has 0 saturated heterocycles. The highest BCUT2D eigenvalue weighted by Gasteiger charge is 1.92. The second-order valence-electron chi connectivity index (χ2n) is 4.26. The van der Waals surface area contributed by atoms with E-state index < -0.39 is 0 Å². The van der Waals surface area contributed by atoms with Crippen LogP contribution in [0.25, 0.3) is 6.08 Å². The number of benzene rings is 1. The second kappa shape index (κ2) is 8.15. The number of rotatable bonds is 7. The molecule has 0 amide bonds. The maximum atomic E-state index is 2.30. The Morgan fingerprint density at radius 2 is 2.06 bits per heavy atom. The Hall–Kier alpha value is -1.04. The van der Waals surface area contributed by atoms with Gasteiger partial charge in [0, 0.05) is 0 Å². The maximum Gasteiger partial charge on any atom is -0.0250 e. The molecule has 0 aliphatic carbocycles. The Kier molecular flexibility index (Phi) is 6.64. The van der Waals surface area contributed by atoms with Crippen LogP contribution in [0.3, 0.4) is 0 Å². The van der Waals surface area contributed by atoms with Crippen molar-refractivity contribution >= 4 is 6.08 Å². The fourth-order valence-corrected chi connectivity index (χ4v) is 1.79. The highest BCUT2D eigenvalue weighted by atomic mass is 14.0. The van der Waals surface area contributed by atoms with Crippen molar-refractivity contribution in [1.82, 2.24) is 0 Å². The quantitative estimate of drug-likeness (QED) is 0.558. The predicted molar refractivity (Wildman–Crippen MR) is 73.3 cm³/mol. The van der Waals surface area contributed by atoms with Crippen LogP contribution in [-0.4, -0.2) is 0 Å². The topological polar surface area (TPSA) is 0 Å². The fourth-order valence-electron chi connectivity index (χ4n) is 1.79. The lowest BCUT2D eigenvalue weighted by molar-refractivity contribution is 0.730. The zero-order chi connectivity index (χ0) is 11.6. The molecule has 0 atom stereocenters. The van der Waals surface area contributed by atoms with Crippen LogP contribution in [-0.2, 0) is 6.42 Å². The molecule has 87 valence electrons. The van der Waals surface area contributed by atoms with Crippen molar-refractivity contribution in [3.63, 3.8) is 0 Å². The van der Waals surface area contributed by atoms with Crippen LogP contribution < -0.4 is 0 Å². The molecule has 1 rings (SSSR count). The van der Waals surface area contributed by atoms with Gasteiger partial charge in [-0.15, -0.1) is 0 Å². The fraction of sp³-hybridized carbons (Fsp3) is 0.438. The van der Waals surface area contributed by atoms with E-state index in [0.717, 1.165) is 6.42 Å². The monoisotopic (exact) mass is 215 g/mol. The zero-order valence-electron chi connectivity index (χ0n) is 10.6. The van der Waals surface area contributed by atoms with Crippen LogP contribution in [0.1, 0.15) is 50.7 Å². The third-order valence-corrected chi connectivity index (χ3v) is 2.68. The molecule has 0 aromatic heterocycles. The molecule has 0 unspecified atom stereocenters. The lowest BCUT2D eigenvalue weighted by Gasteiger charge is -2.00. The van der Waals surface area contributed by atoms with Crippen LogP contribution >= 0.6 is 0 Å². The summed E-state index contributed by atoms with van der Waals surface area (Å²) in [6.45, 7) is 4.35. The second-order valence-corrected chi connectivity index (χ2v) is 4.26. The van der Waals surface area contributed by atoms with E-state index in [1.807, 2.05) is 0 Å². The third kappa shape index (κ3) is 5.16. The minimum Gasteiger partial charge on any atom is -0.0839 e. The molecule has 1 aromatic rings. The average Bonchev–Trinajstić information content (AvgIpc) is 2.30. The summed E-state index contributed by atoms with van der Waals surface area (Å²) >= 11 is 0. The summed E-state index contributed by atoms with van der Waals surface area (Å²) in [4.78, 5) is 0. The van der Waals surface area contributed by atoms with Crippen LogP contribution in [0.15, 0.2) is 30.3 Å². The van der Waals surface area contributed by atoms with Gasteiger partial charge in [0.2, 0.25) is 0 Å². The van der Waals surface area contributed by atoms with E-state index in [0.29, 0.717) is 0 Å². The van der Waals surface area contributed by atoms with Crippen LogP contribution in [0.4, 0.5) is 0 Å². The molecule has 0 aliphatic heterocycles. The first-order valence-corrected chi connectivity index (χ1v) is 6.40. The molecular weight excluding hydrogens is 192 g/mol. The summed E-state index contributed by atoms with van der Waals surface area (Å²) in [7, 11) is 0. The van der Waals surface area contributed by atoms with Crippen LogP contribution in [0.2, 0.25) is 0 Å². The number of unbranched alkanes of at least 4 members (excludes halogenated alkanes) is 3. The molecule has 0 fully saturated rings. The number of hydrogen-bond acceptors (Lipinski definition) is 0. The van der Waals surface area contributed by atoms with E-state index >= 15 is 0 Å². The minimum atomic E-state index is 1.07. The number of hydrogen-bond donors (Lipinski definition) is 0. The van der Waals surface area contributed by atoms with E-state index in [2.05, 4.69) is 56.7 Å². The first-order chi connectivity index (χ1) is 7.86. The van der Waals surface area contributed by atoms with Crippen LogP contribution in [0, 0.1) is 6.42 Å². The van der Waals surface area contributed by atoms with E-state index in [1.165, 1.54) is 36.8 Å². The van der Waals surface area contributed by atoms with Crippen molar-refractivity contribution in [1.29, 1.82) is 0 Å². The van der Waals surface area contributed by atoms with Gasteiger partial charge in [-0.2, -0.15) is 0 Å². The molecular formula is C16H23. The highest BCUT2D eigenvalue weighted by molar-refractivity contribution is 5.50. The van der Waals surface area contributed by atoms with Crippen LogP contribution in [0.5, 0.6) is 0 Å². The van der Waals surface area contributed by atoms with Gasteiger partial charge in [-0.25, -0.2) is 0 Å². The first kappa shape index (κ1) is 13.0. The summed E-state index contributed by atoms with van der Waals surface area (Å²) in [6.07, 6.45) is 13.0. The largest absolute Gasteiger partial charge is 0.0839 e. The smallest absolute Gasteiger partial charge is 0.0250 e. The third-order valence-electron chi connectivity index (χ3n) is 2.68. The highest BCUT2D eigenvalue weighted by Crippen LogP contribution is 2.10. The van der Waals surface area contributed by atoms with Gasteiger partial charge in [-0.1, -0.05) is 63.1 Å². The summed E-state index contributed by atoms with van der Waals surface area (Å²) in [6, 6.07) is 8.78. The Bertz CT molecular complexity index is 310. The Morgan fingerprint density at radius 1 is 1.19 bits per heavy atom. The maximum absolute atomic E-state index is 2.30. The van der Waals surface area contributed by atoms with Gasteiger partial charge in [-0.05, 0) is 36.8 Å². The van der Waals surface area contributed by atoms with Gasteiger partial charge in [0.25, 0.3) is 0 Å². The molecule has 16 heavy (non-hydrogen) atoms. The van der Waals surface area contributed by atoms with E-state index in [9.17, 15) is 0 Å². The van der Waals surface area contributed by atoms with Gasteiger partial charge < -0.3 is 0 Å². The molecule has 0 heteroatoms. The molecule has 0 heterocycles. The standard InChI is InChI=1S/C16H23/c1-3-5-6-7-8-11-16-13-9-12-15(14-16)10-4-2/h4,8-9,11-14H,3,5-7,10H2,1-2H3. The summed E-state index contributed by atoms with van der Waals surface area (Å²) in [5.41, 5.74) is 2.73. The van der Waals surface area contributed by atoms with Gasteiger partial charge in [0.1, 0.15) is 0 Å². The molecule has 0 saturated carbocycles. The van der Waals surface area contributed by atoms with Gasteiger partial charge >= 0.3 is 0 Å².